The van der Waals surface area contributed by atoms with Crippen molar-refractivity contribution in [3.63, 3.8) is 0 Å². The number of nitrogens with two attached hydrogens (primary N) is 1. The number of rotatable bonds is 4. The Bertz CT molecular complexity index is 514. The molecule has 92 valence electrons. The van der Waals surface area contributed by atoms with Crippen LogP contribution < -0.4 is 5.73 Å². The molecule has 17 heavy (non-hydrogen) atoms. The Labute approximate surface area is 105 Å². The van der Waals surface area contributed by atoms with Crippen LogP contribution >= 0.6 is 11.5 Å². The van der Waals surface area contributed by atoms with Gasteiger partial charge in [0.25, 0.3) is 0 Å². The van der Waals surface area contributed by atoms with E-state index in [4.69, 9.17) is 5.73 Å². The Kier molecular flexibility index (Phi) is 3.42. The van der Waals surface area contributed by atoms with E-state index in [1.165, 1.54) is 11.5 Å². The third-order valence-electron chi connectivity index (χ3n) is 2.72. The molecule has 6 heteroatoms. The second-order valence-electron chi connectivity index (χ2n) is 3.77. The zero-order valence-corrected chi connectivity index (χ0v) is 11.2. The first-order valence-electron chi connectivity index (χ1n) is 5.90. The van der Waals surface area contributed by atoms with Gasteiger partial charge in [-0.3, -0.25) is 0 Å². The zero-order valence-electron chi connectivity index (χ0n) is 10.4. The molecule has 0 spiro atoms. The second kappa shape index (κ2) is 4.83. The fourth-order valence-corrected chi connectivity index (χ4v) is 2.48. The highest BCUT2D eigenvalue weighted by Gasteiger charge is 2.16. The lowest BCUT2D eigenvalue weighted by molar-refractivity contribution is 0.782. The summed E-state index contributed by atoms with van der Waals surface area (Å²) in [5, 5.41) is 5.33. The van der Waals surface area contributed by atoms with E-state index in [0.717, 1.165) is 47.3 Å². The molecule has 0 fully saturated rings. The minimum Gasteiger partial charge on any atom is -0.396 e. The van der Waals surface area contributed by atoms with Crippen molar-refractivity contribution < 1.29 is 0 Å². The average Bonchev–Trinajstić information content (AvgIpc) is 2.92. The minimum atomic E-state index is 0.795. The van der Waals surface area contributed by atoms with E-state index in [0.29, 0.717) is 0 Å². The van der Waals surface area contributed by atoms with E-state index in [9.17, 15) is 0 Å². The summed E-state index contributed by atoms with van der Waals surface area (Å²) in [4.78, 5) is 4.45. The van der Waals surface area contributed by atoms with E-state index >= 15 is 0 Å². The molecular weight excluding hydrogens is 234 g/mol. The van der Waals surface area contributed by atoms with Crippen LogP contribution in [0.25, 0.3) is 5.13 Å². The fraction of sp³-hybridized carbons (Fsp3) is 0.545. The molecule has 0 aromatic carbocycles. The van der Waals surface area contributed by atoms with Gasteiger partial charge in [-0.25, -0.2) is 9.67 Å². The van der Waals surface area contributed by atoms with Gasteiger partial charge < -0.3 is 5.73 Å². The molecule has 0 bridgehead atoms. The third kappa shape index (κ3) is 2.04. The summed E-state index contributed by atoms with van der Waals surface area (Å²) in [5.41, 5.74) is 8.84. The third-order valence-corrected chi connectivity index (χ3v) is 3.45. The van der Waals surface area contributed by atoms with Crippen LogP contribution in [0, 0.1) is 0 Å². The molecule has 0 aliphatic heterocycles. The summed E-state index contributed by atoms with van der Waals surface area (Å²) in [6.07, 6.45) is 2.53. The summed E-state index contributed by atoms with van der Waals surface area (Å²) in [5.74, 6) is 0.860. The van der Waals surface area contributed by atoms with Gasteiger partial charge in [0.05, 0.1) is 17.1 Å². The van der Waals surface area contributed by atoms with E-state index in [2.05, 4.69) is 28.3 Å². The number of aromatic nitrogens is 4. The standard InChI is InChI=1S/C11H17N5S/c1-4-7-10(12)8(5-2)16(14-7)11-13-9(6-3)15-17-11/h4-6,12H2,1-3H3. The van der Waals surface area contributed by atoms with Crippen molar-refractivity contribution in [1.29, 1.82) is 0 Å². The Balaban J connectivity index is 2.50. The molecule has 0 amide bonds. The van der Waals surface area contributed by atoms with Crippen LogP contribution in [0.2, 0.25) is 0 Å². The molecule has 5 nitrogen and oxygen atoms in total. The molecule has 2 aromatic rings. The van der Waals surface area contributed by atoms with Crippen molar-refractivity contribution in [2.24, 2.45) is 0 Å². The van der Waals surface area contributed by atoms with Crippen LogP contribution in [0.4, 0.5) is 5.69 Å². The molecule has 0 atom stereocenters. The normalized spacial score (nSPS) is 11.0. The van der Waals surface area contributed by atoms with E-state index in [1.54, 1.807) is 0 Å². The van der Waals surface area contributed by atoms with Crippen molar-refractivity contribution in [1.82, 2.24) is 19.1 Å². The summed E-state index contributed by atoms with van der Waals surface area (Å²) in [6.45, 7) is 6.17. The average molecular weight is 251 g/mol. The highest BCUT2D eigenvalue weighted by molar-refractivity contribution is 7.08. The number of nitrogen functional groups attached to an aromatic ring is 1. The van der Waals surface area contributed by atoms with E-state index in [-0.39, 0.29) is 0 Å². The van der Waals surface area contributed by atoms with Crippen LogP contribution in [0.3, 0.4) is 0 Å². The molecule has 0 aliphatic carbocycles. The van der Waals surface area contributed by atoms with Crippen molar-refractivity contribution in [3.05, 3.63) is 17.2 Å². The zero-order chi connectivity index (χ0) is 12.4. The molecule has 2 rings (SSSR count). The summed E-state index contributed by atoms with van der Waals surface area (Å²) in [7, 11) is 0. The highest BCUT2D eigenvalue weighted by atomic mass is 32.1. The van der Waals surface area contributed by atoms with Crippen LogP contribution in [0.1, 0.15) is 38.0 Å². The number of hydrogen-bond donors (Lipinski definition) is 1. The largest absolute Gasteiger partial charge is 0.396 e. The van der Waals surface area contributed by atoms with Gasteiger partial charge in [-0.2, -0.15) is 9.47 Å². The number of nitrogens with zero attached hydrogens (tertiary/aromatic N) is 4. The van der Waals surface area contributed by atoms with Crippen LogP contribution in [-0.2, 0) is 19.3 Å². The van der Waals surface area contributed by atoms with Gasteiger partial charge in [-0.05, 0) is 12.8 Å². The maximum absolute atomic E-state index is 6.07. The topological polar surface area (TPSA) is 69.6 Å². The Morgan fingerprint density at radius 3 is 2.47 bits per heavy atom. The molecule has 0 unspecified atom stereocenters. The lowest BCUT2D eigenvalue weighted by atomic mass is 10.2. The fourth-order valence-electron chi connectivity index (χ4n) is 1.75. The first-order chi connectivity index (χ1) is 8.21. The molecule has 2 aromatic heterocycles. The van der Waals surface area contributed by atoms with Gasteiger partial charge in [-0.15, -0.1) is 0 Å². The van der Waals surface area contributed by atoms with Crippen molar-refractivity contribution in [2.75, 3.05) is 5.73 Å². The quantitative estimate of drug-likeness (QED) is 0.902. The van der Waals surface area contributed by atoms with Gasteiger partial charge in [0.1, 0.15) is 5.82 Å². The van der Waals surface area contributed by atoms with Gasteiger partial charge in [0.2, 0.25) is 5.13 Å². The smallest absolute Gasteiger partial charge is 0.230 e. The molecule has 2 heterocycles. The monoisotopic (exact) mass is 251 g/mol. The number of hydrogen-bond acceptors (Lipinski definition) is 5. The lowest BCUT2D eigenvalue weighted by Crippen LogP contribution is -2.02. The summed E-state index contributed by atoms with van der Waals surface area (Å²) in [6, 6.07) is 0. The first-order valence-corrected chi connectivity index (χ1v) is 6.67. The summed E-state index contributed by atoms with van der Waals surface area (Å²) < 4.78 is 6.12. The van der Waals surface area contributed by atoms with E-state index in [1.807, 2.05) is 11.6 Å². The first kappa shape index (κ1) is 12.0. The Morgan fingerprint density at radius 1 is 1.18 bits per heavy atom. The summed E-state index contributed by atoms with van der Waals surface area (Å²) >= 11 is 1.37. The van der Waals surface area contributed by atoms with Crippen LogP contribution in [0.5, 0.6) is 0 Å². The van der Waals surface area contributed by atoms with Gasteiger partial charge in [0.15, 0.2) is 0 Å². The highest BCUT2D eigenvalue weighted by Crippen LogP contribution is 2.23. The molecule has 0 aliphatic rings. The molecular formula is C11H17N5S. The van der Waals surface area contributed by atoms with Crippen molar-refractivity contribution in [2.45, 2.75) is 40.0 Å². The van der Waals surface area contributed by atoms with Gasteiger partial charge in [0, 0.05) is 18.0 Å². The van der Waals surface area contributed by atoms with Crippen molar-refractivity contribution >= 4 is 17.2 Å². The Morgan fingerprint density at radius 2 is 1.94 bits per heavy atom. The van der Waals surface area contributed by atoms with Crippen molar-refractivity contribution in [3.8, 4) is 5.13 Å². The van der Waals surface area contributed by atoms with Crippen LogP contribution in [-0.4, -0.2) is 19.1 Å². The second-order valence-corrected chi connectivity index (χ2v) is 4.50. The van der Waals surface area contributed by atoms with Gasteiger partial charge >= 0.3 is 0 Å². The maximum atomic E-state index is 6.07. The number of aryl methyl sites for hydroxylation is 2. The van der Waals surface area contributed by atoms with Crippen LogP contribution in [0.15, 0.2) is 0 Å². The molecule has 0 saturated carbocycles. The molecule has 0 saturated heterocycles. The van der Waals surface area contributed by atoms with Gasteiger partial charge in [-0.1, -0.05) is 20.8 Å². The minimum absolute atomic E-state index is 0.795. The predicted octanol–water partition coefficient (Wildman–Crippen LogP) is 1.99. The molecule has 2 N–H and O–H groups in total. The molecule has 0 radical (unpaired) electrons. The lowest BCUT2D eigenvalue weighted by Gasteiger charge is -2.00. The predicted molar refractivity (Wildman–Crippen MR) is 69.6 cm³/mol. The number of anilines is 1. The Hall–Kier alpha value is -1.43. The van der Waals surface area contributed by atoms with E-state index < -0.39 is 0 Å². The maximum Gasteiger partial charge on any atom is 0.230 e. The SMILES string of the molecule is CCc1nsc(-n2nc(CC)c(N)c2CC)n1.